The van der Waals surface area contributed by atoms with Gasteiger partial charge in [-0.15, -0.1) is 0 Å². The summed E-state index contributed by atoms with van der Waals surface area (Å²) in [5.41, 5.74) is 0.130. The molecule has 3 heteroatoms. The predicted molar refractivity (Wildman–Crippen MR) is 64.2 cm³/mol. The summed E-state index contributed by atoms with van der Waals surface area (Å²) >= 11 is 0. The Kier molecular flexibility index (Phi) is 4.56. The van der Waals surface area contributed by atoms with Crippen molar-refractivity contribution in [3.05, 3.63) is 0 Å². The molecule has 1 rings (SSSR count). The maximum Gasteiger partial charge on any atom is 0.0648 e. The molecule has 1 heterocycles. The number of nitrogens with zero attached hydrogens (tertiary/aromatic N) is 1. The fourth-order valence-corrected chi connectivity index (χ4v) is 1.68. The molecule has 0 aliphatic carbocycles. The Morgan fingerprint density at radius 1 is 1.40 bits per heavy atom. The molecule has 1 N–H and O–H groups in total. The van der Waals surface area contributed by atoms with E-state index in [-0.39, 0.29) is 5.54 Å². The molecule has 2 atom stereocenters. The highest BCUT2D eigenvalue weighted by atomic mass is 16.5. The van der Waals surface area contributed by atoms with E-state index in [2.05, 4.69) is 45.1 Å². The second-order valence-electron chi connectivity index (χ2n) is 5.53. The summed E-state index contributed by atoms with van der Waals surface area (Å²) < 4.78 is 6.04. The average molecular weight is 214 g/mol. The molecule has 90 valence electrons. The second kappa shape index (κ2) is 5.28. The molecule has 15 heavy (non-hydrogen) atoms. The lowest BCUT2D eigenvalue weighted by Crippen LogP contribution is -2.46. The second-order valence-corrected chi connectivity index (χ2v) is 5.53. The summed E-state index contributed by atoms with van der Waals surface area (Å²) in [5.74, 6) is 0.636. The SMILES string of the molecule is CC1CNCCC1OCC(C)(C)N(C)C. The normalized spacial score (nSPS) is 28.4. The van der Waals surface area contributed by atoms with Gasteiger partial charge in [0.05, 0.1) is 12.7 Å². The van der Waals surface area contributed by atoms with E-state index >= 15 is 0 Å². The van der Waals surface area contributed by atoms with Crippen LogP contribution in [0, 0.1) is 5.92 Å². The van der Waals surface area contributed by atoms with Crippen LogP contribution < -0.4 is 5.32 Å². The van der Waals surface area contributed by atoms with Crippen molar-refractivity contribution < 1.29 is 4.74 Å². The molecule has 1 fully saturated rings. The van der Waals surface area contributed by atoms with Gasteiger partial charge in [-0.05, 0) is 46.8 Å². The highest BCUT2D eigenvalue weighted by Gasteiger charge is 2.26. The molecule has 3 nitrogen and oxygen atoms in total. The highest BCUT2D eigenvalue weighted by molar-refractivity contribution is 4.80. The third kappa shape index (κ3) is 3.74. The minimum atomic E-state index is 0.130. The predicted octanol–water partition coefficient (Wildman–Crippen LogP) is 1.34. The minimum Gasteiger partial charge on any atom is -0.376 e. The maximum atomic E-state index is 6.04. The molecule has 1 saturated heterocycles. The zero-order chi connectivity index (χ0) is 11.5. The van der Waals surface area contributed by atoms with Crippen LogP contribution in [0.3, 0.4) is 0 Å². The summed E-state index contributed by atoms with van der Waals surface area (Å²) in [7, 11) is 4.21. The largest absolute Gasteiger partial charge is 0.376 e. The van der Waals surface area contributed by atoms with Gasteiger partial charge in [0.25, 0.3) is 0 Å². The quantitative estimate of drug-likeness (QED) is 0.764. The van der Waals surface area contributed by atoms with Crippen molar-refractivity contribution in [3.63, 3.8) is 0 Å². The lowest BCUT2D eigenvalue weighted by atomic mass is 9.97. The molecule has 0 saturated carbocycles. The number of ether oxygens (including phenoxy) is 1. The van der Waals surface area contributed by atoms with Gasteiger partial charge in [-0.3, -0.25) is 0 Å². The van der Waals surface area contributed by atoms with E-state index in [4.69, 9.17) is 4.74 Å². The average Bonchev–Trinajstić information content (AvgIpc) is 2.16. The first-order chi connectivity index (χ1) is 6.93. The summed E-state index contributed by atoms with van der Waals surface area (Å²) in [5, 5.41) is 3.39. The van der Waals surface area contributed by atoms with E-state index in [1.165, 1.54) is 0 Å². The maximum absolute atomic E-state index is 6.04. The summed E-state index contributed by atoms with van der Waals surface area (Å²) in [6.07, 6.45) is 1.58. The molecular formula is C12H26N2O. The van der Waals surface area contributed by atoms with Crippen LogP contribution in [0.4, 0.5) is 0 Å². The highest BCUT2D eigenvalue weighted by Crippen LogP contribution is 2.18. The fraction of sp³-hybridized carbons (Fsp3) is 1.00. The Labute approximate surface area is 94.2 Å². The number of piperidine rings is 1. The number of hydrogen-bond donors (Lipinski definition) is 1. The van der Waals surface area contributed by atoms with Crippen LogP contribution in [-0.2, 0) is 4.74 Å². The van der Waals surface area contributed by atoms with Crippen LogP contribution in [0.5, 0.6) is 0 Å². The topological polar surface area (TPSA) is 24.5 Å². The molecular weight excluding hydrogens is 188 g/mol. The zero-order valence-corrected chi connectivity index (χ0v) is 10.8. The van der Waals surface area contributed by atoms with Crippen molar-refractivity contribution in [2.75, 3.05) is 33.8 Å². The Hall–Kier alpha value is -0.120. The van der Waals surface area contributed by atoms with Gasteiger partial charge >= 0.3 is 0 Å². The van der Waals surface area contributed by atoms with Crippen LogP contribution in [0.25, 0.3) is 0 Å². The first-order valence-corrected chi connectivity index (χ1v) is 5.93. The van der Waals surface area contributed by atoms with E-state index in [9.17, 15) is 0 Å². The lowest BCUT2D eigenvalue weighted by molar-refractivity contribution is -0.0443. The van der Waals surface area contributed by atoms with Gasteiger partial charge in [-0.1, -0.05) is 6.92 Å². The van der Waals surface area contributed by atoms with Crippen molar-refractivity contribution in [3.8, 4) is 0 Å². The summed E-state index contributed by atoms with van der Waals surface area (Å²) in [4.78, 5) is 2.22. The fourth-order valence-electron chi connectivity index (χ4n) is 1.68. The van der Waals surface area contributed by atoms with E-state index < -0.39 is 0 Å². The van der Waals surface area contributed by atoms with Crippen molar-refractivity contribution in [1.29, 1.82) is 0 Å². The van der Waals surface area contributed by atoms with Crippen LogP contribution in [0.1, 0.15) is 27.2 Å². The number of hydrogen-bond acceptors (Lipinski definition) is 3. The van der Waals surface area contributed by atoms with E-state index in [1.54, 1.807) is 0 Å². The van der Waals surface area contributed by atoms with E-state index in [0.29, 0.717) is 12.0 Å². The van der Waals surface area contributed by atoms with Gasteiger partial charge in [0.15, 0.2) is 0 Å². The molecule has 2 unspecified atom stereocenters. The molecule has 0 bridgehead atoms. The Balaban J connectivity index is 2.35. The van der Waals surface area contributed by atoms with E-state index in [0.717, 1.165) is 26.1 Å². The zero-order valence-electron chi connectivity index (χ0n) is 10.8. The van der Waals surface area contributed by atoms with E-state index in [1.807, 2.05) is 0 Å². The molecule has 1 aliphatic heterocycles. The van der Waals surface area contributed by atoms with Crippen molar-refractivity contribution in [2.45, 2.75) is 38.8 Å². The standard InChI is InChI=1S/C12H26N2O/c1-10-8-13-7-6-11(10)15-9-12(2,3)14(4)5/h10-11,13H,6-9H2,1-5H3. The molecule has 0 radical (unpaired) electrons. The third-order valence-corrected chi connectivity index (χ3v) is 3.57. The first kappa shape index (κ1) is 12.9. The van der Waals surface area contributed by atoms with Crippen molar-refractivity contribution >= 4 is 0 Å². The molecule has 0 aromatic heterocycles. The number of rotatable bonds is 4. The number of likely N-dealkylation sites (N-methyl/N-ethyl adjacent to an activating group) is 1. The van der Waals surface area contributed by atoms with Crippen LogP contribution in [0.2, 0.25) is 0 Å². The van der Waals surface area contributed by atoms with Crippen LogP contribution in [-0.4, -0.2) is 50.3 Å². The molecule has 0 spiro atoms. The van der Waals surface area contributed by atoms with Gasteiger partial charge < -0.3 is 15.0 Å². The first-order valence-electron chi connectivity index (χ1n) is 5.93. The van der Waals surface area contributed by atoms with Crippen LogP contribution >= 0.6 is 0 Å². The lowest BCUT2D eigenvalue weighted by Gasteiger charge is -2.36. The third-order valence-electron chi connectivity index (χ3n) is 3.57. The minimum absolute atomic E-state index is 0.130. The summed E-state index contributed by atoms with van der Waals surface area (Å²) in [6.45, 7) is 9.70. The van der Waals surface area contributed by atoms with Gasteiger partial charge in [-0.2, -0.15) is 0 Å². The number of nitrogens with one attached hydrogen (secondary N) is 1. The summed E-state index contributed by atoms with van der Waals surface area (Å²) in [6, 6.07) is 0. The molecule has 0 aromatic rings. The van der Waals surface area contributed by atoms with Crippen molar-refractivity contribution in [2.24, 2.45) is 5.92 Å². The van der Waals surface area contributed by atoms with Crippen molar-refractivity contribution in [1.82, 2.24) is 10.2 Å². The smallest absolute Gasteiger partial charge is 0.0648 e. The Morgan fingerprint density at radius 2 is 2.07 bits per heavy atom. The monoisotopic (exact) mass is 214 g/mol. The Bertz CT molecular complexity index is 192. The molecule has 0 aromatic carbocycles. The molecule has 1 aliphatic rings. The van der Waals surface area contributed by atoms with Gasteiger partial charge in [0.1, 0.15) is 0 Å². The van der Waals surface area contributed by atoms with Gasteiger partial charge in [0.2, 0.25) is 0 Å². The van der Waals surface area contributed by atoms with Gasteiger partial charge in [0, 0.05) is 12.1 Å². The van der Waals surface area contributed by atoms with Gasteiger partial charge in [-0.25, -0.2) is 0 Å². The Morgan fingerprint density at radius 3 is 2.60 bits per heavy atom. The van der Waals surface area contributed by atoms with Crippen LogP contribution in [0.15, 0.2) is 0 Å². The molecule has 0 amide bonds.